The van der Waals surface area contributed by atoms with E-state index in [1.54, 1.807) is 11.3 Å². The molecule has 1 saturated carbocycles. The molecule has 0 amide bonds. The highest BCUT2D eigenvalue weighted by molar-refractivity contribution is 9.11. The van der Waals surface area contributed by atoms with Crippen molar-refractivity contribution >= 4 is 38.9 Å². The molecule has 0 radical (unpaired) electrons. The van der Waals surface area contributed by atoms with E-state index >= 15 is 0 Å². The highest BCUT2D eigenvalue weighted by Gasteiger charge is 2.31. The van der Waals surface area contributed by atoms with Gasteiger partial charge in [0.1, 0.15) is 0 Å². The van der Waals surface area contributed by atoms with Crippen LogP contribution in [0.15, 0.2) is 9.85 Å². The standard InChI is InChI=1S/C13H18BrClOS/c1-3-16-10-5-9(6-10)7-11(15)12-4-8(2)13(14)17-12/h4,9-11H,3,5-7H2,1-2H3. The summed E-state index contributed by atoms with van der Waals surface area (Å²) in [5, 5.41) is 0.164. The van der Waals surface area contributed by atoms with Gasteiger partial charge in [-0.1, -0.05) is 0 Å². The fourth-order valence-corrected chi connectivity index (χ4v) is 4.30. The quantitative estimate of drug-likeness (QED) is 0.662. The lowest BCUT2D eigenvalue weighted by molar-refractivity contribution is -0.0266. The summed E-state index contributed by atoms with van der Waals surface area (Å²) in [7, 11) is 0. The van der Waals surface area contributed by atoms with Crippen LogP contribution in [0.5, 0.6) is 0 Å². The molecule has 0 N–H and O–H groups in total. The number of ether oxygens (including phenoxy) is 1. The van der Waals surface area contributed by atoms with Crippen molar-refractivity contribution in [3.05, 3.63) is 20.3 Å². The van der Waals surface area contributed by atoms with Crippen molar-refractivity contribution in [1.29, 1.82) is 0 Å². The largest absolute Gasteiger partial charge is 0.378 e. The zero-order valence-corrected chi connectivity index (χ0v) is 13.4. The van der Waals surface area contributed by atoms with E-state index in [1.807, 2.05) is 0 Å². The van der Waals surface area contributed by atoms with Gasteiger partial charge in [-0.2, -0.15) is 0 Å². The molecule has 1 heterocycles. The number of aryl methyl sites for hydroxylation is 1. The van der Waals surface area contributed by atoms with Crippen molar-refractivity contribution in [2.45, 2.75) is 44.6 Å². The number of hydrogen-bond acceptors (Lipinski definition) is 2. The summed E-state index contributed by atoms with van der Waals surface area (Å²) in [4.78, 5) is 1.29. The van der Waals surface area contributed by atoms with Crippen LogP contribution in [0.3, 0.4) is 0 Å². The second-order valence-corrected chi connectivity index (χ2v) is 7.65. The molecule has 0 bridgehead atoms. The van der Waals surface area contributed by atoms with Crippen LogP contribution in [0.25, 0.3) is 0 Å². The zero-order chi connectivity index (χ0) is 12.4. The Labute approximate surface area is 121 Å². The summed E-state index contributed by atoms with van der Waals surface area (Å²) in [5.74, 6) is 0.746. The molecule has 1 aromatic rings. The molecular weight excluding hydrogens is 320 g/mol. The Morgan fingerprint density at radius 2 is 2.29 bits per heavy atom. The number of halogens is 2. The van der Waals surface area contributed by atoms with Gasteiger partial charge in [-0.3, -0.25) is 0 Å². The first-order valence-electron chi connectivity index (χ1n) is 6.11. The van der Waals surface area contributed by atoms with Crippen molar-refractivity contribution in [3.8, 4) is 0 Å². The summed E-state index contributed by atoms with van der Waals surface area (Å²) in [6.45, 7) is 5.00. The first-order chi connectivity index (χ1) is 8.10. The second-order valence-electron chi connectivity index (χ2n) is 4.72. The average molecular weight is 338 g/mol. The fraction of sp³-hybridized carbons (Fsp3) is 0.692. The van der Waals surface area contributed by atoms with Gasteiger partial charge < -0.3 is 4.74 Å². The van der Waals surface area contributed by atoms with Crippen LogP contribution in [-0.2, 0) is 4.74 Å². The van der Waals surface area contributed by atoms with Gasteiger partial charge in [-0.15, -0.1) is 22.9 Å². The smallest absolute Gasteiger partial charge is 0.0731 e. The first-order valence-corrected chi connectivity index (χ1v) is 8.16. The average Bonchev–Trinajstić information content (AvgIpc) is 2.56. The van der Waals surface area contributed by atoms with E-state index in [2.05, 4.69) is 35.8 Å². The van der Waals surface area contributed by atoms with E-state index in [9.17, 15) is 0 Å². The van der Waals surface area contributed by atoms with Gasteiger partial charge in [0.2, 0.25) is 0 Å². The lowest BCUT2D eigenvalue weighted by atomic mass is 9.79. The minimum absolute atomic E-state index is 0.164. The number of alkyl halides is 1. The first kappa shape index (κ1) is 13.9. The molecule has 1 atom stereocenters. The summed E-state index contributed by atoms with van der Waals surface area (Å²) < 4.78 is 6.78. The van der Waals surface area contributed by atoms with Crippen LogP contribution >= 0.6 is 38.9 Å². The van der Waals surface area contributed by atoms with Gasteiger partial charge in [-0.05, 0) is 66.6 Å². The monoisotopic (exact) mass is 336 g/mol. The van der Waals surface area contributed by atoms with E-state index in [0.29, 0.717) is 6.10 Å². The molecule has 0 saturated heterocycles. The molecule has 1 aliphatic rings. The van der Waals surface area contributed by atoms with Gasteiger partial charge in [0.25, 0.3) is 0 Å². The van der Waals surface area contributed by atoms with Crippen molar-refractivity contribution < 1.29 is 4.74 Å². The molecule has 1 aromatic heterocycles. The lowest BCUT2D eigenvalue weighted by Gasteiger charge is -2.35. The molecule has 17 heavy (non-hydrogen) atoms. The maximum atomic E-state index is 6.47. The molecule has 1 aliphatic carbocycles. The molecule has 0 aromatic carbocycles. The minimum Gasteiger partial charge on any atom is -0.378 e. The highest BCUT2D eigenvalue weighted by Crippen LogP contribution is 2.42. The van der Waals surface area contributed by atoms with Crippen molar-refractivity contribution in [2.24, 2.45) is 5.92 Å². The topological polar surface area (TPSA) is 9.23 Å². The molecule has 96 valence electrons. The number of rotatable bonds is 5. The normalized spacial score (nSPS) is 25.6. The summed E-state index contributed by atoms with van der Waals surface area (Å²) in [6.07, 6.45) is 3.94. The summed E-state index contributed by atoms with van der Waals surface area (Å²) in [6, 6.07) is 2.20. The summed E-state index contributed by atoms with van der Waals surface area (Å²) in [5.41, 5.74) is 1.29. The van der Waals surface area contributed by atoms with Crippen LogP contribution in [0.1, 0.15) is 42.0 Å². The van der Waals surface area contributed by atoms with E-state index in [0.717, 1.165) is 18.9 Å². The van der Waals surface area contributed by atoms with Gasteiger partial charge in [-0.25, -0.2) is 0 Å². The highest BCUT2D eigenvalue weighted by atomic mass is 79.9. The van der Waals surface area contributed by atoms with E-state index in [1.165, 1.54) is 27.1 Å². The van der Waals surface area contributed by atoms with Crippen LogP contribution in [-0.4, -0.2) is 12.7 Å². The minimum atomic E-state index is 0.164. The molecule has 4 heteroatoms. The van der Waals surface area contributed by atoms with Gasteiger partial charge in [0, 0.05) is 11.5 Å². The maximum Gasteiger partial charge on any atom is 0.0731 e. The lowest BCUT2D eigenvalue weighted by Crippen LogP contribution is -2.31. The molecule has 0 aliphatic heterocycles. The van der Waals surface area contributed by atoms with Gasteiger partial charge in [0.05, 0.1) is 15.3 Å². The third kappa shape index (κ3) is 3.46. The Hall–Kier alpha value is 0.430. The van der Waals surface area contributed by atoms with E-state index in [4.69, 9.17) is 16.3 Å². The molecule has 1 unspecified atom stereocenters. The predicted molar refractivity (Wildman–Crippen MR) is 78.1 cm³/mol. The Balaban J connectivity index is 1.80. The third-order valence-corrected chi connectivity index (χ3v) is 6.11. The van der Waals surface area contributed by atoms with Crippen LogP contribution in [0, 0.1) is 12.8 Å². The Morgan fingerprint density at radius 3 is 2.82 bits per heavy atom. The Bertz CT molecular complexity index is 354. The maximum absolute atomic E-state index is 6.47. The molecular formula is C13H18BrClOS. The summed E-state index contributed by atoms with van der Waals surface area (Å²) >= 11 is 11.8. The van der Waals surface area contributed by atoms with Crippen molar-refractivity contribution in [3.63, 3.8) is 0 Å². The SMILES string of the molecule is CCOC1CC(CC(Cl)c2cc(C)c(Br)s2)C1. The molecule has 0 spiro atoms. The number of thiophene rings is 1. The zero-order valence-electron chi connectivity index (χ0n) is 10.2. The predicted octanol–water partition coefficient (Wildman–Crippen LogP) is 5.30. The van der Waals surface area contributed by atoms with E-state index in [-0.39, 0.29) is 5.38 Å². The fourth-order valence-electron chi connectivity index (χ4n) is 2.29. The molecule has 1 fully saturated rings. The Morgan fingerprint density at radius 1 is 1.59 bits per heavy atom. The third-order valence-electron chi connectivity index (χ3n) is 3.32. The van der Waals surface area contributed by atoms with E-state index < -0.39 is 0 Å². The second kappa shape index (κ2) is 6.05. The number of hydrogen-bond donors (Lipinski definition) is 0. The van der Waals surface area contributed by atoms with Crippen molar-refractivity contribution in [2.75, 3.05) is 6.61 Å². The van der Waals surface area contributed by atoms with Crippen molar-refractivity contribution in [1.82, 2.24) is 0 Å². The Kier molecular flexibility index (Phi) is 4.93. The molecule has 2 rings (SSSR count). The van der Waals surface area contributed by atoms with Gasteiger partial charge in [0.15, 0.2) is 0 Å². The van der Waals surface area contributed by atoms with Gasteiger partial charge >= 0.3 is 0 Å². The van der Waals surface area contributed by atoms with Crippen LogP contribution in [0.4, 0.5) is 0 Å². The van der Waals surface area contributed by atoms with Crippen LogP contribution < -0.4 is 0 Å². The molecule has 1 nitrogen and oxygen atoms in total. The van der Waals surface area contributed by atoms with Crippen LogP contribution in [0.2, 0.25) is 0 Å².